The van der Waals surface area contributed by atoms with Crippen molar-refractivity contribution in [1.82, 2.24) is 0 Å². The van der Waals surface area contributed by atoms with Gasteiger partial charge in [-0.2, -0.15) is 5.26 Å². The molecule has 0 spiro atoms. The van der Waals surface area contributed by atoms with E-state index < -0.39 is 6.10 Å². The number of carbonyl (C=O) groups is 1. The van der Waals surface area contributed by atoms with Crippen molar-refractivity contribution in [3.8, 4) is 17.6 Å². The zero-order chi connectivity index (χ0) is 14.7. The molecular weight excluding hydrogens is 268 g/mol. The van der Waals surface area contributed by atoms with Gasteiger partial charge in [-0.1, -0.05) is 18.2 Å². The van der Waals surface area contributed by atoms with E-state index in [9.17, 15) is 4.79 Å². The van der Waals surface area contributed by atoms with Gasteiger partial charge in [0.1, 0.15) is 6.61 Å². The molecule has 0 radical (unpaired) electrons. The molecule has 0 saturated heterocycles. The van der Waals surface area contributed by atoms with Crippen LogP contribution in [0.3, 0.4) is 0 Å². The molecule has 21 heavy (non-hydrogen) atoms. The van der Waals surface area contributed by atoms with Gasteiger partial charge in [0.2, 0.25) is 6.10 Å². The molecule has 0 aromatic heterocycles. The topological polar surface area (TPSA) is 71.4 Å². The number of nitrogens with zero attached hydrogens (tertiary/aromatic N) is 1. The van der Waals surface area contributed by atoms with E-state index in [2.05, 4.69) is 5.32 Å². The summed E-state index contributed by atoms with van der Waals surface area (Å²) in [5.74, 6) is 0.877. The average molecular weight is 280 g/mol. The van der Waals surface area contributed by atoms with Crippen molar-refractivity contribution < 1.29 is 14.3 Å². The summed E-state index contributed by atoms with van der Waals surface area (Å²) in [6.45, 7) is 0.154. The lowest BCUT2D eigenvalue weighted by Crippen LogP contribution is -2.40. The molecule has 0 saturated carbocycles. The van der Waals surface area contributed by atoms with E-state index in [1.54, 1.807) is 36.4 Å². The van der Waals surface area contributed by atoms with Crippen LogP contribution in [-0.4, -0.2) is 18.6 Å². The minimum absolute atomic E-state index is 0.154. The third kappa shape index (κ3) is 2.79. The zero-order valence-electron chi connectivity index (χ0n) is 11.1. The predicted octanol–water partition coefficient (Wildman–Crippen LogP) is 2.34. The molecule has 5 heteroatoms. The highest BCUT2D eigenvalue weighted by Crippen LogP contribution is 2.31. The molecule has 5 nitrogen and oxygen atoms in total. The van der Waals surface area contributed by atoms with Gasteiger partial charge in [0.05, 0.1) is 11.6 Å². The first kappa shape index (κ1) is 13.0. The van der Waals surface area contributed by atoms with Gasteiger partial charge in [-0.05, 0) is 30.3 Å². The first-order valence-electron chi connectivity index (χ1n) is 6.46. The van der Waals surface area contributed by atoms with Crippen molar-refractivity contribution in [2.75, 3.05) is 11.9 Å². The molecule has 1 aliphatic rings. The fourth-order valence-electron chi connectivity index (χ4n) is 2.04. The summed E-state index contributed by atoms with van der Waals surface area (Å²) < 4.78 is 11.1. The number of hydrogen-bond donors (Lipinski definition) is 1. The minimum Gasteiger partial charge on any atom is -0.485 e. The number of nitriles is 1. The number of ether oxygens (including phenoxy) is 2. The van der Waals surface area contributed by atoms with E-state index in [0.29, 0.717) is 22.7 Å². The van der Waals surface area contributed by atoms with Crippen LogP contribution < -0.4 is 14.8 Å². The lowest BCUT2D eigenvalue weighted by Gasteiger charge is -2.25. The number of anilines is 1. The Hall–Kier alpha value is -3.00. The summed E-state index contributed by atoms with van der Waals surface area (Å²) in [6.07, 6.45) is -0.717. The summed E-state index contributed by atoms with van der Waals surface area (Å²) in [7, 11) is 0. The number of benzene rings is 2. The fraction of sp³-hybridized carbons (Fsp3) is 0.125. The molecule has 0 aliphatic carbocycles. The van der Waals surface area contributed by atoms with Crippen LogP contribution in [0.4, 0.5) is 5.69 Å². The van der Waals surface area contributed by atoms with Crippen molar-refractivity contribution in [3.05, 3.63) is 54.1 Å². The van der Waals surface area contributed by atoms with Gasteiger partial charge in [-0.15, -0.1) is 0 Å². The second-order valence-electron chi connectivity index (χ2n) is 4.55. The number of para-hydroxylation sites is 2. The van der Waals surface area contributed by atoms with Crippen LogP contribution >= 0.6 is 0 Å². The quantitative estimate of drug-likeness (QED) is 0.916. The molecule has 1 N–H and O–H groups in total. The maximum absolute atomic E-state index is 12.2. The SMILES string of the molecule is N#Cc1cccc(NC(=O)C2COc3ccccc3O2)c1. The molecule has 104 valence electrons. The molecule has 1 amide bonds. The number of fused-ring (bicyclic) bond motifs is 1. The first-order valence-corrected chi connectivity index (χ1v) is 6.46. The molecule has 0 fully saturated rings. The van der Waals surface area contributed by atoms with E-state index in [0.717, 1.165) is 0 Å². The number of nitrogens with one attached hydrogen (secondary N) is 1. The van der Waals surface area contributed by atoms with Crippen molar-refractivity contribution in [1.29, 1.82) is 5.26 Å². The number of amides is 1. The van der Waals surface area contributed by atoms with Gasteiger partial charge in [0, 0.05) is 5.69 Å². The summed E-state index contributed by atoms with van der Waals surface area (Å²) in [5, 5.41) is 11.6. The third-order valence-corrected chi connectivity index (χ3v) is 3.06. The summed E-state index contributed by atoms with van der Waals surface area (Å²) in [6, 6.07) is 15.9. The molecule has 1 atom stereocenters. The smallest absolute Gasteiger partial charge is 0.269 e. The van der Waals surface area contributed by atoms with Gasteiger partial charge < -0.3 is 14.8 Å². The maximum Gasteiger partial charge on any atom is 0.269 e. The Kier molecular flexibility index (Phi) is 3.44. The molecule has 1 aliphatic heterocycles. The van der Waals surface area contributed by atoms with Crippen molar-refractivity contribution in [2.24, 2.45) is 0 Å². The van der Waals surface area contributed by atoms with E-state index in [1.165, 1.54) is 0 Å². The molecule has 1 unspecified atom stereocenters. The first-order chi connectivity index (χ1) is 10.3. The average Bonchev–Trinajstić information content (AvgIpc) is 2.54. The number of rotatable bonds is 2. The van der Waals surface area contributed by atoms with Crippen LogP contribution in [0.5, 0.6) is 11.5 Å². The third-order valence-electron chi connectivity index (χ3n) is 3.06. The largest absolute Gasteiger partial charge is 0.485 e. The minimum atomic E-state index is -0.717. The van der Waals surface area contributed by atoms with Crippen molar-refractivity contribution >= 4 is 11.6 Å². The summed E-state index contributed by atoms with van der Waals surface area (Å²) in [4.78, 5) is 12.2. The summed E-state index contributed by atoms with van der Waals surface area (Å²) >= 11 is 0. The van der Waals surface area contributed by atoms with Gasteiger partial charge in [0.15, 0.2) is 11.5 Å². The van der Waals surface area contributed by atoms with Crippen LogP contribution in [0.25, 0.3) is 0 Å². The fourth-order valence-corrected chi connectivity index (χ4v) is 2.04. The van der Waals surface area contributed by atoms with Crippen molar-refractivity contribution in [3.63, 3.8) is 0 Å². The Bertz CT molecular complexity index is 721. The van der Waals surface area contributed by atoms with E-state index in [1.807, 2.05) is 18.2 Å². The monoisotopic (exact) mass is 280 g/mol. The van der Waals surface area contributed by atoms with Crippen LogP contribution in [0.2, 0.25) is 0 Å². The van der Waals surface area contributed by atoms with Crippen molar-refractivity contribution in [2.45, 2.75) is 6.10 Å². The zero-order valence-corrected chi connectivity index (χ0v) is 11.1. The van der Waals surface area contributed by atoms with E-state index in [-0.39, 0.29) is 12.5 Å². The van der Waals surface area contributed by atoms with E-state index >= 15 is 0 Å². The number of hydrogen-bond acceptors (Lipinski definition) is 4. The highest BCUT2D eigenvalue weighted by atomic mass is 16.6. The second-order valence-corrected chi connectivity index (χ2v) is 4.55. The second kappa shape index (κ2) is 5.55. The van der Waals surface area contributed by atoms with Gasteiger partial charge in [-0.3, -0.25) is 4.79 Å². The van der Waals surface area contributed by atoms with E-state index in [4.69, 9.17) is 14.7 Å². The molecular formula is C16H12N2O3. The maximum atomic E-state index is 12.2. The Balaban J connectivity index is 1.71. The predicted molar refractivity (Wildman–Crippen MR) is 76.1 cm³/mol. The van der Waals surface area contributed by atoms with Crippen LogP contribution in [0, 0.1) is 11.3 Å². The lowest BCUT2D eigenvalue weighted by molar-refractivity contribution is -0.125. The van der Waals surface area contributed by atoms with Crippen LogP contribution in [0.15, 0.2) is 48.5 Å². The standard InChI is InChI=1S/C16H12N2O3/c17-9-11-4-3-5-12(8-11)18-16(19)15-10-20-13-6-1-2-7-14(13)21-15/h1-8,15H,10H2,(H,18,19). The highest BCUT2D eigenvalue weighted by molar-refractivity contribution is 5.94. The normalized spacial score (nSPS) is 15.9. The molecule has 0 bridgehead atoms. The Labute approximate surface area is 121 Å². The Morgan fingerprint density at radius 1 is 1.19 bits per heavy atom. The van der Waals surface area contributed by atoms with Gasteiger partial charge >= 0.3 is 0 Å². The Morgan fingerprint density at radius 3 is 2.81 bits per heavy atom. The molecule has 3 rings (SSSR count). The highest BCUT2D eigenvalue weighted by Gasteiger charge is 2.27. The number of carbonyl (C=O) groups excluding carboxylic acids is 1. The Morgan fingerprint density at radius 2 is 2.00 bits per heavy atom. The van der Waals surface area contributed by atoms with Gasteiger partial charge in [0.25, 0.3) is 5.91 Å². The van der Waals surface area contributed by atoms with Crippen LogP contribution in [0.1, 0.15) is 5.56 Å². The van der Waals surface area contributed by atoms with Gasteiger partial charge in [-0.25, -0.2) is 0 Å². The molecule has 2 aromatic rings. The molecule has 2 aromatic carbocycles. The molecule has 1 heterocycles. The summed E-state index contributed by atoms with van der Waals surface area (Å²) in [5.41, 5.74) is 1.04. The lowest BCUT2D eigenvalue weighted by atomic mass is 10.2. The van der Waals surface area contributed by atoms with Crippen LogP contribution in [-0.2, 0) is 4.79 Å².